The fourth-order valence-corrected chi connectivity index (χ4v) is 3.44. The summed E-state index contributed by atoms with van der Waals surface area (Å²) in [6, 6.07) is -0.737. The molecule has 3 N–H and O–H groups in total. The Kier molecular flexibility index (Phi) is 7.56. The molecule has 1 aliphatic carbocycles. The van der Waals surface area contributed by atoms with Crippen LogP contribution in [-0.2, 0) is 14.4 Å². The molecule has 0 aromatic heterocycles. The van der Waals surface area contributed by atoms with E-state index in [-0.39, 0.29) is 23.5 Å². The molecule has 6 nitrogen and oxygen atoms in total. The maximum absolute atomic E-state index is 11.9. The van der Waals surface area contributed by atoms with Gasteiger partial charge < -0.3 is 15.7 Å². The van der Waals surface area contributed by atoms with E-state index in [2.05, 4.69) is 24.5 Å². The van der Waals surface area contributed by atoms with Gasteiger partial charge in [0.15, 0.2) is 0 Å². The largest absolute Gasteiger partial charge is 0.480 e. The van der Waals surface area contributed by atoms with Crippen LogP contribution >= 0.6 is 11.8 Å². The maximum Gasteiger partial charge on any atom is 0.327 e. The molecular formula is C14H24N2O4S. The lowest BCUT2D eigenvalue weighted by Crippen LogP contribution is -2.44. The van der Waals surface area contributed by atoms with Crippen LogP contribution in [-0.4, -0.2) is 47.0 Å². The molecule has 0 aliphatic heterocycles. The van der Waals surface area contributed by atoms with Crippen molar-refractivity contribution in [3.63, 3.8) is 0 Å². The minimum Gasteiger partial charge on any atom is -0.480 e. The number of thioether (sulfide) groups is 1. The molecule has 0 aromatic rings. The second-order valence-corrected chi connectivity index (χ2v) is 6.66. The van der Waals surface area contributed by atoms with Gasteiger partial charge in [0.1, 0.15) is 6.04 Å². The highest BCUT2D eigenvalue weighted by molar-refractivity contribution is 8.00. The van der Waals surface area contributed by atoms with Crippen molar-refractivity contribution < 1.29 is 19.5 Å². The summed E-state index contributed by atoms with van der Waals surface area (Å²) in [6.07, 6.45) is 3.71. The molecule has 0 spiro atoms. The van der Waals surface area contributed by atoms with Gasteiger partial charge >= 0.3 is 5.97 Å². The fraction of sp³-hybridized carbons (Fsp3) is 0.786. The van der Waals surface area contributed by atoms with Crippen LogP contribution in [0.5, 0.6) is 0 Å². The molecule has 1 saturated carbocycles. The number of carboxylic acids is 1. The Morgan fingerprint density at radius 3 is 2.71 bits per heavy atom. The molecule has 1 aliphatic rings. The molecule has 1 fully saturated rings. The van der Waals surface area contributed by atoms with Crippen LogP contribution in [0.3, 0.4) is 0 Å². The van der Waals surface area contributed by atoms with E-state index in [9.17, 15) is 14.4 Å². The van der Waals surface area contributed by atoms with E-state index < -0.39 is 12.0 Å². The Balaban J connectivity index is 2.30. The summed E-state index contributed by atoms with van der Waals surface area (Å²) in [5, 5.41) is 14.1. The molecule has 0 aromatic carbocycles. The number of hydrogen-bond acceptors (Lipinski definition) is 4. The highest BCUT2D eigenvalue weighted by atomic mass is 32.2. The monoisotopic (exact) mass is 316 g/mol. The lowest BCUT2D eigenvalue weighted by molar-refractivity contribution is -0.139. The summed E-state index contributed by atoms with van der Waals surface area (Å²) in [5.41, 5.74) is 0. The Hall–Kier alpha value is -1.24. The Morgan fingerprint density at radius 1 is 1.38 bits per heavy atom. The molecule has 7 heteroatoms. The highest BCUT2D eigenvalue weighted by Gasteiger charge is 2.28. The number of aliphatic carboxylic acids is 1. The predicted molar refractivity (Wildman–Crippen MR) is 82.1 cm³/mol. The summed E-state index contributed by atoms with van der Waals surface area (Å²) in [6.45, 7) is 4.37. The van der Waals surface area contributed by atoms with Crippen molar-refractivity contribution in [1.82, 2.24) is 10.6 Å². The number of carboxylic acid groups (broad SMARTS) is 1. The van der Waals surface area contributed by atoms with Crippen LogP contribution in [0.4, 0.5) is 0 Å². The van der Waals surface area contributed by atoms with Crippen molar-refractivity contribution in [1.29, 1.82) is 0 Å². The zero-order chi connectivity index (χ0) is 15.8. The molecule has 4 unspecified atom stereocenters. The molecular weight excluding hydrogens is 292 g/mol. The summed E-state index contributed by atoms with van der Waals surface area (Å²) in [5.74, 6) is 0.312. The average molecular weight is 316 g/mol. The third kappa shape index (κ3) is 5.95. The third-order valence-corrected chi connectivity index (χ3v) is 5.17. The molecule has 0 heterocycles. The van der Waals surface area contributed by atoms with E-state index >= 15 is 0 Å². The SMILES string of the molecule is CC1CCCC(NC(=O)CSCC(NC=O)C(=O)O)C1C. The van der Waals surface area contributed by atoms with E-state index in [1.807, 2.05) is 0 Å². The molecule has 21 heavy (non-hydrogen) atoms. The molecule has 0 saturated heterocycles. The van der Waals surface area contributed by atoms with Gasteiger partial charge in [0.05, 0.1) is 5.75 Å². The minimum absolute atomic E-state index is 0.0683. The summed E-state index contributed by atoms with van der Waals surface area (Å²) >= 11 is 1.21. The smallest absolute Gasteiger partial charge is 0.327 e. The molecule has 1 rings (SSSR count). The Bertz CT molecular complexity index is 378. The standard InChI is InChI=1S/C14H24N2O4S/c1-9-4-3-5-11(10(9)2)16-13(18)7-21-6-12(14(19)20)15-8-17/h8-12H,3-7H2,1-2H3,(H,15,17)(H,16,18)(H,19,20). The lowest BCUT2D eigenvalue weighted by atomic mass is 9.78. The van der Waals surface area contributed by atoms with Gasteiger partial charge in [-0.2, -0.15) is 0 Å². The molecule has 2 amide bonds. The first-order chi connectivity index (χ1) is 9.95. The second-order valence-electron chi connectivity index (χ2n) is 5.63. The summed E-state index contributed by atoms with van der Waals surface area (Å²) in [4.78, 5) is 33.0. The quantitative estimate of drug-likeness (QED) is 0.577. The van der Waals surface area contributed by atoms with Gasteiger partial charge in [0.2, 0.25) is 12.3 Å². The lowest BCUT2D eigenvalue weighted by Gasteiger charge is -2.34. The number of carbonyl (C=O) groups is 3. The Morgan fingerprint density at radius 2 is 2.10 bits per heavy atom. The topological polar surface area (TPSA) is 95.5 Å². The van der Waals surface area contributed by atoms with Gasteiger partial charge in [-0.05, 0) is 18.3 Å². The van der Waals surface area contributed by atoms with E-state index in [0.717, 1.165) is 12.8 Å². The van der Waals surface area contributed by atoms with Crippen molar-refractivity contribution in [2.24, 2.45) is 11.8 Å². The summed E-state index contributed by atoms with van der Waals surface area (Å²) < 4.78 is 0. The summed E-state index contributed by atoms with van der Waals surface area (Å²) in [7, 11) is 0. The highest BCUT2D eigenvalue weighted by Crippen LogP contribution is 2.29. The van der Waals surface area contributed by atoms with Gasteiger partial charge in [-0.3, -0.25) is 9.59 Å². The van der Waals surface area contributed by atoms with Gasteiger partial charge in [0.25, 0.3) is 0 Å². The second kappa shape index (κ2) is 8.92. The molecule has 120 valence electrons. The third-order valence-electron chi connectivity index (χ3n) is 4.14. The average Bonchev–Trinajstić information content (AvgIpc) is 2.43. The van der Waals surface area contributed by atoms with Crippen LogP contribution in [0.25, 0.3) is 0 Å². The zero-order valence-corrected chi connectivity index (χ0v) is 13.3. The minimum atomic E-state index is -1.09. The molecule has 0 radical (unpaired) electrons. The van der Waals surface area contributed by atoms with Crippen molar-refractivity contribution in [2.45, 2.75) is 45.2 Å². The van der Waals surface area contributed by atoms with Crippen LogP contribution in [0, 0.1) is 11.8 Å². The molecule has 4 atom stereocenters. The number of carbonyl (C=O) groups excluding carboxylic acids is 2. The van der Waals surface area contributed by atoms with Crippen LogP contribution < -0.4 is 10.6 Å². The van der Waals surface area contributed by atoms with Crippen LogP contribution in [0.2, 0.25) is 0 Å². The Labute approximate surface area is 129 Å². The van der Waals surface area contributed by atoms with E-state index in [4.69, 9.17) is 5.11 Å². The van der Waals surface area contributed by atoms with Crippen LogP contribution in [0.1, 0.15) is 33.1 Å². The van der Waals surface area contributed by atoms with E-state index in [1.54, 1.807) is 0 Å². The number of amides is 2. The fourth-order valence-electron chi connectivity index (χ4n) is 2.58. The van der Waals surface area contributed by atoms with E-state index in [1.165, 1.54) is 18.2 Å². The zero-order valence-electron chi connectivity index (χ0n) is 12.5. The first-order valence-electron chi connectivity index (χ1n) is 7.25. The van der Waals surface area contributed by atoms with Crippen LogP contribution in [0.15, 0.2) is 0 Å². The first kappa shape index (κ1) is 17.8. The van der Waals surface area contributed by atoms with E-state index in [0.29, 0.717) is 18.2 Å². The molecule has 0 bridgehead atoms. The van der Waals surface area contributed by atoms with Crippen molar-refractivity contribution in [3.8, 4) is 0 Å². The van der Waals surface area contributed by atoms with Gasteiger partial charge in [0, 0.05) is 11.8 Å². The number of hydrogen-bond donors (Lipinski definition) is 3. The van der Waals surface area contributed by atoms with Crippen molar-refractivity contribution in [2.75, 3.05) is 11.5 Å². The predicted octanol–water partition coefficient (Wildman–Crippen LogP) is 0.860. The number of nitrogens with one attached hydrogen (secondary N) is 2. The van der Waals surface area contributed by atoms with Gasteiger partial charge in [-0.1, -0.05) is 26.7 Å². The maximum atomic E-state index is 11.9. The van der Waals surface area contributed by atoms with Crippen molar-refractivity contribution in [3.05, 3.63) is 0 Å². The van der Waals surface area contributed by atoms with Gasteiger partial charge in [-0.25, -0.2) is 4.79 Å². The first-order valence-corrected chi connectivity index (χ1v) is 8.40. The normalized spacial score (nSPS) is 26.7. The van der Waals surface area contributed by atoms with Crippen molar-refractivity contribution >= 4 is 30.0 Å². The van der Waals surface area contributed by atoms with Gasteiger partial charge in [-0.15, -0.1) is 11.8 Å². The number of rotatable bonds is 8.